The Morgan fingerprint density at radius 1 is 1.20 bits per heavy atom. The van der Waals surface area contributed by atoms with Crippen molar-refractivity contribution < 1.29 is 41.0 Å². The SMILES string of the molecule is O=C(CSC(F)(F)F)N1CCC(C(=O)O)(C(F)(F)F)C1. The Balaban J connectivity index is 2.75. The average molecular weight is 325 g/mol. The number of hydrogen-bond donors (Lipinski definition) is 1. The molecule has 0 bridgehead atoms. The van der Waals surface area contributed by atoms with E-state index in [1.54, 1.807) is 0 Å². The van der Waals surface area contributed by atoms with Crippen LogP contribution in [-0.4, -0.2) is 52.4 Å². The molecule has 116 valence electrons. The quantitative estimate of drug-likeness (QED) is 0.808. The number of alkyl halides is 6. The third-order valence-corrected chi connectivity index (χ3v) is 3.65. The smallest absolute Gasteiger partial charge is 0.442 e. The summed E-state index contributed by atoms with van der Waals surface area (Å²) in [4.78, 5) is 22.7. The zero-order chi connectivity index (χ0) is 15.8. The third kappa shape index (κ3) is 3.49. The van der Waals surface area contributed by atoms with Gasteiger partial charge in [0.15, 0.2) is 5.41 Å². The molecule has 1 amide bonds. The minimum absolute atomic E-state index is 0.500. The van der Waals surface area contributed by atoms with Gasteiger partial charge in [0.25, 0.3) is 0 Å². The number of likely N-dealkylation sites (tertiary alicyclic amines) is 1. The molecule has 20 heavy (non-hydrogen) atoms. The van der Waals surface area contributed by atoms with Crippen molar-refractivity contribution in [1.29, 1.82) is 0 Å². The van der Waals surface area contributed by atoms with E-state index < -0.39 is 66.0 Å². The summed E-state index contributed by atoms with van der Waals surface area (Å²) < 4.78 is 74.0. The van der Waals surface area contributed by atoms with Gasteiger partial charge in [-0.25, -0.2) is 0 Å². The monoisotopic (exact) mass is 325 g/mol. The second-order valence-corrected chi connectivity index (χ2v) is 5.22. The normalized spacial score (nSPS) is 24.0. The van der Waals surface area contributed by atoms with Gasteiger partial charge in [-0.3, -0.25) is 9.59 Å². The van der Waals surface area contributed by atoms with Crippen molar-refractivity contribution in [3.63, 3.8) is 0 Å². The fourth-order valence-electron chi connectivity index (χ4n) is 1.78. The highest BCUT2D eigenvalue weighted by atomic mass is 32.2. The summed E-state index contributed by atoms with van der Waals surface area (Å²) in [6.45, 7) is -1.70. The van der Waals surface area contributed by atoms with Crippen LogP contribution in [0, 0.1) is 5.41 Å². The van der Waals surface area contributed by atoms with E-state index in [0.29, 0.717) is 4.90 Å². The van der Waals surface area contributed by atoms with E-state index in [9.17, 15) is 35.9 Å². The van der Waals surface area contributed by atoms with Crippen molar-refractivity contribution >= 4 is 23.6 Å². The van der Waals surface area contributed by atoms with E-state index >= 15 is 0 Å². The molecule has 0 saturated carbocycles. The number of aliphatic carboxylic acids is 1. The van der Waals surface area contributed by atoms with Crippen LogP contribution < -0.4 is 0 Å². The Morgan fingerprint density at radius 2 is 1.75 bits per heavy atom. The van der Waals surface area contributed by atoms with E-state index in [4.69, 9.17) is 5.11 Å². The van der Waals surface area contributed by atoms with Crippen molar-refractivity contribution in [1.82, 2.24) is 4.90 Å². The predicted octanol–water partition coefficient (Wildman–Crippen LogP) is 2.11. The number of thioether (sulfide) groups is 1. The molecule has 0 aromatic rings. The van der Waals surface area contributed by atoms with Gasteiger partial charge in [0.1, 0.15) is 0 Å². The van der Waals surface area contributed by atoms with Crippen LogP contribution in [0.5, 0.6) is 0 Å². The molecule has 1 rings (SSSR count). The molecule has 0 radical (unpaired) electrons. The van der Waals surface area contributed by atoms with Crippen LogP contribution in [0.3, 0.4) is 0 Å². The number of carbonyl (C=O) groups is 2. The van der Waals surface area contributed by atoms with Gasteiger partial charge in [-0.2, -0.15) is 26.3 Å². The molecule has 0 aromatic heterocycles. The maximum absolute atomic E-state index is 12.8. The van der Waals surface area contributed by atoms with Crippen LogP contribution >= 0.6 is 11.8 Å². The van der Waals surface area contributed by atoms with Crippen molar-refractivity contribution in [2.75, 3.05) is 18.8 Å². The van der Waals surface area contributed by atoms with Crippen LogP contribution in [0.4, 0.5) is 26.3 Å². The maximum Gasteiger partial charge on any atom is 0.442 e. The van der Waals surface area contributed by atoms with Crippen molar-refractivity contribution in [2.24, 2.45) is 5.41 Å². The first-order chi connectivity index (χ1) is 8.89. The Labute approximate surface area is 113 Å². The Hall–Kier alpha value is -1.13. The second-order valence-electron chi connectivity index (χ2n) is 4.18. The van der Waals surface area contributed by atoms with E-state index in [0.717, 1.165) is 0 Å². The molecule has 4 nitrogen and oxygen atoms in total. The summed E-state index contributed by atoms with van der Waals surface area (Å²) >= 11 is -0.675. The van der Waals surface area contributed by atoms with Gasteiger partial charge in [0.2, 0.25) is 5.91 Å². The number of nitrogens with zero attached hydrogens (tertiary/aromatic N) is 1. The lowest BCUT2D eigenvalue weighted by atomic mass is 9.86. The topological polar surface area (TPSA) is 57.6 Å². The van der Waals surface area contributed by atoms with E-state index in [2.05, 4.69) is 0 Å². The van der Waals surface area contributed by atoms with Crippen LogP contribution in [0.25, 0.3) is 0 Å². The number of carbonyl (C=O) groups excluding carboxylic acids is 1. The predicted molar refractivity (Wildman–Crippen MR) is 55.8 cm³/mol. The largest absolute Gasteiger partial charge is 0.481 e. The van der Waals surface area contributed by atoms with Gasteiger partial charge in [0.05, 0.1) is 5.75 Å². The number of halogens is 6. The summed E-state index contributed by atoms with van der Waals surface area (Å²) in [6, 6.07) is 0. The molecule has 1 aliphatic rings. The Kier molecular flexibility index (Phi) is 4.52. The highest BCUT2D eigenvalue weighted by Gasteiger charge is 2.64. The summed E-state index contributed by atoms with van der Waals surface area (Å²) in [5.74, 6) is -4.37. The van der Waals surface area contributed by atoms with Gasteiger partial charge in [0, 0.05) is 13.1 Å². The van der Waals surface area contributed by atoms with Gasteiger partial charge < -0.3 is 10.0 Å². The minimum Gasteiger partial charge on any atom is -0.481 e. The van der Waals surface area contributed by atoms with Crippen molar-refractivity contribution in [3.8, 4) is 0 Å². The fraction of sp³-hybridized carbons (Fsp3) is 0.778. The summed E-state index contributed by atoms with van der Waals surface area (Å²) in [5, 5.41) is 8.71. The molecule has 0 aromatic carbocycles. The van der Waals surface area contributed by atoms with Gasteiger partial charge in [-0.15, -0.1) is 0 Å². The Morgan fingerprint density at radius 3 is 2.10 bits per heavy atom. The van der Waals surface area contributed by atoms with Crippen LogP contribution in [0.2, 0.25) is 0 Å². The number of carboxylic acids is 1. The maximum atomic E-state index is 12.8. The lowest BCUT2D eigenvalue weighted by Crippen LogP contribution is -2.48. The molecule has 1 saturated heterocycles. The zero-order valence-corrected chi connectivity index (χ0v) is 10.5. The number of carboxylic acid groups (broad SMARTS) is 1. The van der Waals surface area contributed by atoms with Gasteiger partial charge in [-0.05, 0) is 18.2 Å². The molecule has 1 aliphatic heterocycles. The van der Waals surface area contributed by atoms with Crippen LogP contribution in [-0.2, 0) is 9.59 Å². The first-order valence-corrected chi connectivity index (χ1v) is 6.16. The summed E-state index contributed by atoms with van der Waals surface area (Å²) in [5.41, 5.74) is -7.78. The second kappa shape index (κ2) is 5.34. The number of hydrogen-bond acceptors (Lipinski definition) is 3. The molecule has 1 heterocycles. The zero-order valence-electron chi connectivity index (χ0n) is 9.72. The Bertz CT molecular complexity index is 409. The standard InChI is InChI=1S/C9H9F6NO3S/c10-8(11,12)7(6(18)19)1-2-16(4-7)5(17)3-20-9(13,14)15/h1-4H2,(H,18,19). The summed E-state index contributed by atoms with van der Waals surface area (Å²) in [7, 11) is 0. The first-order valence-electron chi connectivity index (χ1n) is 5.18. The van der Waals surface area contributed by atoms with E-state index in [1.165, 1.54) is 0 Å². The molecule has 1 fully saturated rings. The minimum atomic E-state index is -5.08. The molecular formula is C9H9F6NO3S. The molecule has 11 heteroatoms. The fourth-order valence-corrected chi connectivity index (χ4v) is 2.25. The summed E-state index contributed by atoms with van der Waals surface area (Å²) in [6.07, 6.45) is -5.95. The van der Waals surface area contributed by atoms with Crippen LogP contribution in [0.1, 0.15) is 6.42 Å². The first kappa shape index (κ1) is 16.9. The molecule has 1 unspecified atom stereocenters. The average Bonchev–Trinajstić information content (AvgIpc) is 2.70. The van der Waals surface area contributed by atoms with E-state index in [-0.39, 0.29) is 0 Å². The molecule has 1 N–H and O–H groups in total. The molecule has 0 spiro atoms. The molecular weight excluding hydrogens is 316 g/mol. The number of rotatable bonds is 3. The lowest BCUT2D eigenvalue weighted by Gasteiger charge is -2.27. The van der Waals surface area contributed by atoms with Crippen molar-refractivity contribution in [3.05, 3.63) is 0 Å². The molecule has 1 atom stereocenters. The van der Waals surface area contributed by atoms with E-state index in [1.807, 2.05) is 0 Å². The third-order valence-electron chi connectivity index (χ3n) is 2.93. The highest BCUT2D eigenvalue weighted by Crippen LogP contribution is 2.46. The highest BCUT2D eigenvalue weighted by molar-refractivity contribution is 8.00. The van der Waals surface area contributed by atoms with Gasteiger partial charge in [-0.1, -0.05) is 0 Å². The molecule has 0 aliphatic carbocycles. The lowest BCUT2D eigenvalue weighted by molar-refractivity contribution is -0.227. The van der Waals surface area contributed by atoms with Gasteiger partial charge >= 0.3 is 17.7 Å². The van der Waals surface area contributed by atoms with Crippen LogP contribution in [0.15, 0.2) is 0 Å². The number of amides is 1. The van der Waals surface area contributed by atoms with Crippen molar-refractivity contribution in [2.45, 2.75) is 18.1 Å².